The molecule has 7 nitrogen and oxygen atoms in total. The molecule has 134 valence electrons. The van der Waals surface area contributed by atoms with E-state index in [1.807, 2.05) is 0 Å². The first-order valence-corrected chi connectivity index (χ1v) is 8.27. The molecule has 0 spiro atoms. The van der Waals surface area contributed by atoms with E-state index in [9.17, 15) is 18.8 Å². The quantitative estimate of drug-likeness (QED) is 0.830. The number of nitrogens with one attached hydrogen (secondary N) is 1. The molecule has 1 atom stereocenters. The summed E-state index contributed by atoms with van der Waals surface area (Å²) in [6, 6.07) is 4.96. The molecule has 2 aromatic rings. The van der Waals surface area contributed by atoms with Crippen molar-refractivity contribution >= 4 is 17.8 Å². The average Bonchev–Trinajstić information content (AvgIpc) is 3.22. The Morgan fingerprint density at radius 3 is 2.62 bits per heavy atom. The third-order valence-corrected chi connectivity index (χ3v) is 4.95. The normalized spacial score (nSPS) is 19.9. The van der Waals surface area contributed by atoms with Gasteiger partial charge in [-0.25, -0.2) is 9.18 Å². The van der Waals surface area contributed by atoms with Gasteiger partial charge in [0.15, 0.2) is 0 Å². The first-order valence-electron chi connectivity index (χ1n) is 8.27. The minimum atomic E-state index is -0.626. The Kier molecular flexibility index (Phi) is 3.75. The molecule has 0 radical (unpaired) electrons. The van der Waals surface area contributed by atoms with Crippen LogP contribution in [0.1, 0.15) is 10.4 Å². The summed E-state index contributed by atoms with van der Waals surface area (Å²) in [5.41, 5.74) is 1.85. The highest BCUT2D eigenvalue weighted by Crippen LogP contribution is 2.27. The van der Waals surface area contributed by atoms with Crippen molar-refractivity contribution in [3.8, 4) is 11.1 Å². The number of urea groups is 1. The van der Waals surface area contributed by atoms with Gasteiger partial charge in [0.25, 0.3) is 11.8 Å². The molecule has 2 saturated heterocycles. The summed E-state index contributed by atoms with van der Waals surface area (Å²) in [5.74, 6) is -0.859. The number of hydrogen-bond acceptors (Lipinski definition) is 3. The minimum absolute atomic E-state index is 0.168. The van der Waals surface area contributed by atoms with Gasteiger partial charge in [-0.15, -0.1) is 0 Å². The molecule has 0 bridgehead atoms. The van der Waals surface area contributed by atoms with Crippen LogP contribution in [0.3, 0.4) is 0 Å². The van der Waals surface area contributed by atoms with Crippen LogP contribution in [0, 0.1) is 5.82 Å². The number of rotatable bonds is 2. The average molecular weight is 356 g/mol. The standard InChI is InChI=1S/C18H17FN4O3/c1-21-17(25)15-10-22(6-7-23(15)18(21)26)16(24)14-9-20-8-13(14)11-2-4-12(19)5-3-11/h2-5,8-9,15,20H,6-7,10H2,1H3. The number of nitrogens with zero attached hydrogens (tertiary/aromatic N) is 3. The molecular formula is C18H17FN4O3. The predicted octanol–water partition coefficient (Wildman–Crippen LogP) is 1.54. The van der Waals surface area contributed by atoms with Crippen molar-refractivity contribution in [3.05, 3.63) is 48.0 Å². The summed E-state index contributed by atoms with van der Waals surface area (Å²) in [6.45, 7) is 0.847. The largest absolute Gasteiger partial charge is 0.366 e. The molecular weight excluding hydrogens is 339 g/mol. The fourth-order valence-electron chi connectivity index (χ4n) is 3.50. The Balaban J connectivity index is 1.58. The Bertz CT molecular complexity index is 892. The van der Waals surface area contributed by atoms with Crippen molar-refractivity contribution < 1.29 is 18.8 Å². The lowest BCUT2D eigenvalue weighted by Crippen LogP contribution is -2.54. The molecule has 8 heteroatoms. The Hall–Kier alpha value is -3.16. The number of halogens is 1. The van der Waals surface area contributed by atoms with E-state index in [-0.39, 0.29) is 30.2 Å². The predicted molar refractivity (Wildman–Crippen MR) is 90.8 cm³/mol. The van der Waals surface area contributed by atoms with Gasteiger partial charge in [-0.05, 0) is 17.7 Å². The number of benzene rings is 1. The number of H-pyrrole nitrogens is 1. The fraction of sp³-hybridized carbons (Fsp3) is 0.278. The SMILES string of the molecule is CN1C(=O)C2CN(C(=O)c3c[nH]cc3-c3ccc(F)cc3)CCN2C1=O. The van der Waals surface area contributed by atoms with Crippen LogP contribution in [-0.4, -0.2) is 70.3 Å². The van der Waals surface area contributed by atoms with Crippen LogP contribution in [0.25, 0.3) is 11.1 Å². The second kappa shape index (κ2) is 5.98. The molecule has 1 N–H and O–H groups in total. The van der Waals surface area contributed by atoms with Gasteiger partial charge in [0.1, 0.15) is 11.9 Å². The van der Waals surface area contributed by atoms with Crippen LogP contribution in [-0.2, 0) is 4.79 Å². The van der Waals surface area contributed by atoms with Crippen LogP contribution in [0.15, 0.2) is 36.7 Å². The first-order chi connectivity index (χ1) is 12.5. The van der Waals surface area contributed by atoms with Gasteiger partial charge >= 0.3 is 6.03 Å². The van der Waals surface area contributed by atoms with E-state index in [1.165, 1.54) is 24.1 Å². The van der Waals surface area contributed by atoms with Gasteiger partial charge in [-0.2, -0.15) is 0 Å². The number of aromatic amines is 1. The number of fused-ring (bicyclic) bond motifs is 1. The minimum Gasteiger partial charge on any atom is -0.366 e. The van der Waals surface area contributed by atoms with Crippen LogP contribution in [0.5, 0.6) is 0 Å². The third kappa shape index (κ3) is 2.45. The lowest BCUT2D eigenvalue weighted by Gasteiger charge is -2.35. The zero-order valence-electron chi connectivity index (χ0n) is 14.1. The van der Waals surface area contributed by atoms with Crippen LogP contribution in [0.2, 0.25) is 0 Å². The fourth-order valence-corrected chi connectivity index (χ4v) is 3.50. The van der Waals surface area contributed by atoms with Gasteiger partial charge in [0, 0.05) is 38.1 Å². The Morgan fingerprint density at radius 2 is 1.88 bits per heavy atom. The number of amides is 4. The molecule has 26 heavy (non-hydrogen) atoms. The van der Waals surface area contributed by atoms with Gasteiger partial charge < -0.3 is 14.8 Å². The maximum atomic E-state index is 13.2. The molecule has 1 aromatic carbocycles. The summed E-state index contributed by atoms with van der Waals surface area (Å²) < 4.78 is 13.2. The van der Waals surface area contributed by atoms with E-state index in [4.69, 9.17) is 0 Å². The number of carbonyl (C=O) groups is 3. The smallest absolute Gasteiger partial charge is 0.327 e. The summed E-state index contributed by atoms with van der Waals surface area (Å²) >= 11 is 0. The van der Waals surface area contributed by atoms with E-state index in [0.717, 1.165) is 10.5 Å². The van der Waals surface area contributed by atoms with Gasteiger partial charge in [-0.3, -0.25) is 14.5 Å². The van der Waals surface area contributed by atoms with E-state index in [1.54, 1.807) is 29.4 Å². The highest BCUT2D eigenvalue weighted by molar-refractivity contribution is 6.05. The number of piperazine rings is 1. The maximum absolute atomic E-state index is 13.2. The second-order valence-corrected chi connectivity index (χ2v) is 6.43. The number of likely N-dealkylation sites (N-methyl/N-ethyl adjacent to an activating group) is 1. The molecule has 2 aliphatic heterocycles. The zero-order valence-corrected chi connectivity index (χ0v) is 14.1. The van der Waals surface area contributed by atoms with E-state index >= 15 is 0 Å². The topological polar surface area (TPSA) is 76.7 Å². The summed E-state index contributed by atoms with van der Waals surface area (Å²) in [7, 11) is 1.45. The molecule has 1 aromatic heterocycles. The molecule has 2 aliphatic rings. The summed E-state index contributed by atoms with van der Waals surface area (Å²) in [4.78, 5) is 44.3. The highest BCUT2D eigenvalue weighted by Gasteiger charge is 2.46. The lowest BCUT2D eigenvalue weighted by atomic mass is 10.0. The summed E-state index contributed by atoms with van der Waals surface area (Å²) in [5, 5.41) is 0. The van der Waals surface area contributed by atoms with Crippen molar-refractivity contribution in [3.63, 3.8) is 0 Å². The van der Waals surface area contributed by atoms with Crippen LogP contribution < -0.4 is 0 Å². The van der Waals surface area contributed by atoms with Crippen molar-refractivity contribution in [2.45, 2.75) is 6.04 Å². The molecule has 2 fully saturated rings. The molecule has 3 heterocycles. The second-order valence-electron chi connectivity index (χ2n) is 6.43. The third-order valence-electron chi connectivity index (χ3n) is 4.95. The monoisotopic (exact) mass is 356 g/mol. The Labute approximate surface area is 149 Å². The van der Waals surface area contributed by atoms with E-state index in [0.29, 0.717) is 24.2 Å². The van der Waals surface area contributed by atoms with E-state index < -0.39 is 6.04 Å². The van der Waals surface area contributed by atoms with Gasteiger partial charge in [0.05, 0.1) is 12.1 Å². The molecule has 0 saturated carbocycles. The molecule has 0 aliphatic carbocycles. The van der Waals surface area contributed by atoms with E-state index in [2.05, 4.69) is 4.98 Å². The summed E-state index contributed by atoms with van der Waals surface area (Å²) in [6.07, 6.45) is 3.29. The number of carbonyl (C=O) groups excluding carboxylic acids is 3. The first kappa shape index (κ1) is 16.3. The van der Waals surface area contributed by atoms with Crippen LogP contribution >= 0.6 is 0 Å². The van der Waals surface area contributed by atoms with Crippen LogP contribution in [0.4, 0.5) is 9.18 Å². The van der Waals surface area contributed by atoms with Crippen molar-refractivity contribution in [1.82, 2.24) is 19.7 Å². The Morgan fingerprint density at radius 1 is 1.15 bits per heavy atom. The van der Waals surface area contributed by atoms with Crippen molar-refractivity contribution in [2.24, 2.45) is 0 Å². The molecule has 4 amide bonds. The van der Waals surface area contributed by atoms with Gasteiger partial charge in [0.2, 0.25) is 0 Å². The lowest BCUT2D eigenvalue weighted by molar-refractivity contribution is -0.128. The molecule has 4 rings (SSSR count). The number of aromatic nitrogens is 1. The maximum Gasteiger partial charge on any atom is 0.327 e. The van der Waals surface area contributed by atoms with Gasteiger partial charge in [-0.1, -0.05) is 12.1 Å². The number of hydrogen-bond donors (Lipinski definition) is 1. The van der Waals surface area contributed by atoms with Crippen molar-refractivity contribution in [1.29, 1.82) is 0 Å². The molecule has 1 unspecified atom stereocenters. The number of imide groups is 1. The zero-order chi connectivity index (χ0) is 18.4. The highest BCUT2D eigenvalue weighted by atomic mass is 19.1. The van der Waals surface area contributed by atoms with Crippen molar-refractivity contribution in [2.75, 3.05) is 26.7 Å².